The molecule has 6 nitrogen and oxygen atoms in total. The number of benzene rings is 1. The number of amides is 1. The molecular weight excluding hydrogens is 443 g/mol. The number of nitrogens with zero attached hydrogens (tertiary/aromatic N) is 1. The molecule has 0 aliphatic heterocycles. The van der Waals surface area contributed by atoms with Gasteiger partial charge in [-0.2, -0.15) is 0 Å². The van der Waals surface area contributed by atoms with Gasteiger partial charge in [0.15, 0.2) is 5.96 Å². The van der Waals surface area contributed by atoms with Crippen molar-refractivity contribution >= 4 is 35.8 Å². The van der Waals surface area contributed by atoms with Crippen LogP contribution in [0.15, 0.2) is 29.3 Å². The van der Waals surface area contributed by atoms with Gasteiger partial charge in [-0.15, -0.1) is 24.0 Å². The van der Waals surface area contributed by atoms with Crippen LogP contribution in [0.5, 0.6) is 5.75 Å². The zero-order chi connectivity index (χ0) is 18.5. The third kappa shape index (κ3) is 10.5. The molecule has 3 N–H and O–H groups in total. The number of nitrogens with one attached hydrogen (secondary N) is 3. The second-order valence-corrected chi connectivity index (χ2v) is 5.94. The predicted octanol–water partition coefficient (Wildman–Crippen LogP) is 2.85. The van der Waals surface area contributed by atoms with Crippen LogP contribution in [0.2, 0.25) is 0 Å². The molecule has 0 aliphatic rings. The van der Waals surface area contributed by atoms with Crippen LogP contribution in [0.1, 0.15) is 39.2 Å². The van der Waals surface area contributed by atoms with Crippen LogP contribution >= 0.6 is 24.0 Å². The number of para-hydroxylation sites is 1. The van der Waals surface area contributed by atoms with Crippen LogP contribution in [-0.4, -0.2) is 44.1 Å². The molecule has 148 valence electrons. The standard InChI is InChI=1S/C19H32N4O2.HI/c1-5-12-21-18(24)11-13-22-19(20-6-2)23-14-16(4)25-17-10-8-7-9-15(17)3;/h7-10,16H,5-6,11-14H2,1-4H3,(H,21,24)(H2,20,22,23);1H. The fourth-order valence-electron chi connectivity index (χ4n) is 2.15. The third-order valence-corrected chi connectivity index (χ3v) is 3.49. The maximum absolute atomic E-state index is 11.6. The van der Waals surface area contributed by atoms with Crippen molar-refractivity contribution in [2.45, 2.75) is 46.6 Å². The molecule has 0 bridgehead atoms. The highest BCUT2D eigenvalue weighted by molar-refractivity contribution is 14.0. The van der Waals surface area contributed by atoms with E-state index in [0.717, 1.165) is 30.8 Å². The lowest BCUT2D eigenvalue weighted by atomic mass is 10.2. The first-order valence-electron chi connectivity index (χ1n) is 9.08. The Morgan fingerprint density at radius 1 is 1.15 bits per heavy atom. The number of hydrogen-bond donors (Lipinski definition) is 3. The Bertz CT molecular complexity index is 552. The normalized spacial score (nSPS) is 11.9. The number of carbonyl (C=O) groups excluding carboxylic acids is 1. The van der Waals surface area contributed by atoms with Crippen molar-refractivity contribution in [1.29, 1.82) is 0 Å². The highest BCUT2D eigenvalue weighted by Crippen LogP contribution is 2.17. The van der Waals surface area contributed by atoms with Crippen molar-refractivity contribution in [1.82, 2.24) is 16.0 Å². The number of aryl methyl sites for hydroxylation is 1. The van der Waals surface area contributed by atoms with Crippen molar-refractivity contribution in [3.05, 3.63) is 29.8 Å². The van der Waals surface area contributed by atoms with Gasteiger partial charge in [0.25, 0.3) is 0 Å². The number of aliphatic imine (C=N–C) groups is 1. The van der Waals surface area contributed by atoms with E-state index in [9.17, 15) is 4.79 Å². The highest BCUT2D eigenvalue weighted by atomic mass is 127. The number of ether oxygens (including phenoxy) is 1. The van der Waals surface area contributed by atoms with Crippen LogP contribution < -0.4 is 20.7 Å². The lowest BCUT2D eigenvalue weighted by molar-refractivity contribution is -0.120. The number of halogens is 1. The zero-order valence-electron chi connectivity index (χ0n) is 16.3. The smallest absolute Gasteiger partial charge is 0.221 e. The SMILES string of the molecule is CCCNC(=O)CCNC(=NCC(C)Oc1ccccc1C)NCC.I. The van der Waals surface area contributed by atoms with E-state index in [1.165, 1.54) is 0 Å². The summed E-state index contributed by atoms with van der Waals surface area (Å²) in [5, 5.41) is 9.22. The Morgan fingerprint density at radius 3 is 2.54 bits per heavy atom. The minimum absolute atomic E-state index is 0. The van der Waals surface area contributed by atoms with Gasteiger partial charge < -0.3 is 20.7 Å². The fourth-order valence-corrected chi connectivity index (χ4v) is 2.15. The molecule has 1 unspecified atom stereocenters. The first kappa shape index (κ1) is 24.5. The summed E-state index contributed by atoms with van der Waals surface area (Å²) < 4.78 is 5.93. The first-order valence-corrected chi connectivity index (χ1v) is 9.08. The highest BCUT2D eigenvalue weighted by Gasteiger charge is 2.07. The summed E-state index contributed by atoms with van der Waals surface area (Å²) in [5.41, 5.74) is 1.11. The van der Waals surface area contributed by atoms with Gasteiger partial charge in [-0.05, 0) is 38.8 Å². The summed E-state index contributed by atoms with van der Waals surface area (Å²) in [6, 6.07) is 7.96. The minimum Gasteiger partial charge on any atom is -0.489 e. The summed E-state index contributed by atoms with van der Waals surface area (Å²) in [5.74, 6) is 1.64. The third-order valence-electron chi connectivity index (χ3n) is 3.49. The second-order valence-electron chi connectivity index (χ2n) is 5.94. The van der Waals surface area contributed by atoms with E-state index in [4.69, 9.17) is 4.74 Å². The number of carbonyl (C=O) groups is 1. The fraction of sp³-hybridized carbons (Fsp3) is 0.579. The summed E-state index contributed by atoms with van der Waals surface area (Å²) in [6.07, 6.45) is 1.34. The number of guanidine groups is 1. The van der Waals surface area contributed by atoms with Gasteiger partial charge in [-0.1, -0.05) is 25.1 Å². The summed E-state index contributed by atoms with van der Waals surface area (Å²) in [6.45, 7) is 10.6. The Labute approximate surface area is 174 Å². The van der Waals surface area contributed by atoms with Crippen LogP contribution in [0, 0.1) is 6.92 Å². The van der Waals surface area contributed by atoms with E-state index in [1.807, 2.05) is 52.0 Å². The first-order chi connectivity index (χ1) is 12.1. The largest absolute Gasteiger partial charge is 0.489 e. The number of hydrogen-bond acceptors (Lipinski definition) is 3. The lowest BCUT2D eigenvalue weighted by Gasteiger charge is -2.16. The molecule has 7 heteroatoms. The summed E-state index contributed by atoms with van der Waals surface area (Å²) in [4.78, 5) is 16.1. The zero-order valence-corrected chi connectivity index (χ0v) is 18.6. The Kier molecular flexibility index (Phi) is 13.8. The maximum atomic E-state index is 11.6. The molecule has 0 radical (unpaired) electrons. The van der Waals surface area contributed by atoms with Gasteiger partial charge in [0, 0.05) is 26.1 Å². The summed E-state index contributed by atoms with van der Waals surface area (Å²) >= 11 is 0. The number of rotatable bonds is 10. The molecule has 1 rings (SSSR count). The Hall–Kier alpha value is -1.51. The van der Waals surface area contributed by atoms with Gasteiger partial charge in [-0.3, -0.25) is 4.79 Å². The lowest BCUT2D eigenvalue weighted by Crippen LogP contribution is -2.40. The van der Waals surface area contributed by atoms with Crippen molar-refractivity contribution in [3.8, 4) is 5.75 Å². The van der Waals surface area contributed by atoms with Crippen LogP contribution in [0.4, 0.5) is 0 Å². The summed E-state index contributed by atoms with van der Waals surface area (Å²) in [7, 11) is 0. The van der Waals surface area contributed by atoms with Crippen molar-refractivity contribution in [2.24, 2.45) is 4.99 Å². The average Bonchev–Trinajstić information content (AvgIpc) is 2.60. The van der Waals surface area contributed by atoms with Crippen LogP contribution in [0.25, 0.3) is 0 Å². The second kappa shape index (κ2) is 14.6. The molecule has 26 heavy (non-hydrogen) atoms. The predicted molar refractivity (Wildman–Crippen MR) is 119 cm³/mol. The van der Waals surface area contributed by atoms with E-state index >= 15 is 0 Å². The monoisotopic (exact) mass is 476 g/mol. The van der Waals surface area contributed by atoms with E-state index in [1.54, 1.807) is 0 Å². The van der Waals surface area contributed by atoms with Crippen molar-refractivity contribution in [3.63, 3.8) is 0 Å². The van der Waals surface area contributed by atoms with Crippen molar-refractivity contribution < 1.29 is 9.53 Å². The van der Waals surface area contributed by atoms with E-state index in [2.05, 4.69) is 20.9 Å². The molecule has 1 amide bonds. The molecule has 0 fully saturated rings. The van der Waals surface area contributed by atoms with Gasteiger partial charge in [-0.25, -0.2) is 4.99 Å². The molecule has 0 saturated carbocycles. The minimum atomic E-state index is -0.0376. The molecular formula is C19H33IN4O2. The molecule has 1 aromatic rings. The van der Waals surface area contributed by atoms with Gasteiger partial charge >= 0.3 is 0 Å². The van der Waals surface area contributed by atoms with E-state index < -0.39 is 0 Å². The molecule has 1 aromatic carbocycles. The maximum Gasteiger partial charge on any atom is 0.221 e. The topological polar surface area (TPSA) is 74.8 Å². The van der Waals surface area contributed by atoms with Gasteiger partial charge in [0.2, 0.25) is 5.91 Å². The Morgan fingerprint density at radius 2 is 1.88 bits per heavy atom. The molecule has 0 saturated heterocycles. The molecule has 1 atom stereocenters. The average molecular weight is 476 g/mol. The molecule has 0 heterocycles. The molecule has 0 aliphatic carbocycles. The van der Waals surface area contributed by atoms with Crippen LogP contribution in [0.3, 0.4) is 0 Å². The van der Waals surface area contributed by atoms with E-state index in [-0.39, 0.29) is 36.0 Å². The van der Waals surface area contributed by atoms with Gasteiger partial charge in [0.1, 0.15) is 11.9 Å². The van der Waals surface area contributed by atoms with Gasteiger partial charge in [0.05, 0.1) is 6.54 Å². The quantitative estimate of drug-likeness (QED) is 0.276. The van der Waals surface area contributed by atoms with Crippen LogP contribution in [-0.2, 0) is 4.79 Å². The van der Waals surface area contributed by atoms with E-state index in [0.29, 0.717) is 25.5 Å². The molecule has 0 aromatic heterocycles. The van der Waals surface area contributed by atoms with Crippen molar-refractivity contribution in [2.75, 3.05) is 26.2 Å². The Balaban J connectivity index is 0.00000625. The molecule has 0 spiro atoms.